The van der Waals surface area contributed by atoms with Crippen LogP contribution < -0.4 is 4.90 Å². The minimum Gasteiger partial charge on any atom is -0.354 e. The lowest BCUT2D eigenvalue weighted by atomic mass is 10.2. The maximum Gasteiger partial charge on any atom is 0.181 e. The van der Waals surface area contributed by atoms with E-state index in [4.69, 9.17) is 11.6 Å². The zero-order chi connectivity index (χ0) is 16.3. The molecule has 1 heterocycles. The van der Waals surface area contributed by atoms with E-state index >= 15 is 0 Å². The number of hydrogen-bond acceptors (Lipinski definition) is 4. The number of halogens is 2. The Labute approximate surface area is 134 Å². The summed E-state index contributed by atoms with van der Waals surface area (Å²) >= 11 is 6.01. The maximum atomic E-state index is 13.9. The molecule has 0 N–H and O–H groups in total. The third-order valence-electron chi connectivity index (χ3n) is 3.28. The van der Waals surface area contributed by atoms with Crippen molar-refractivity contribution >= 4 is 27.3 Å². The number of hydrogen-bond donors (Lipinski definition) is 0. The second kappa shape index (κ2) is 6.62. The zero-order valence-corrected chi connectivity index (χ0v) is 13.8. The molecule has 0 aliphatic carbocycles. The molecule has 2 aromatic rings. The van der Waals surface area contributed by atoms with E-state index in [2.05, 4.69) is 4.98 Å². The summed E-state index contributed by atoms with van der Waals surface area (Å²) in [6.07, 6.45) is 1.50. The van der Waals surface area contributed by atoms with Gasteiger partial charge in [0.15, 0.2) is 9.84 Å². The third-order valence-corrected chi connectivity index (χ3v) is 5.39. The first-order valence-electron chi connectivity index (χ1n) is 6.68. The molecule has 0 amide bonds. The molecule has 0 saturated heterocycles. The average Bonchev–Trinajstić information content (AvgIpc) is 2.51. The fourth-order valence-electron chi connectivity index (χ4n) is 2.06. The summed E-state index contributed by atoms with van der Waals surface area (Å²) < 4.78 is 38.2. The molecule has 0 atom stereocenters. The quantitative estimate of drug-likeness (QED) is 0.836. The molecule has 0 spiro atoms. The Kier molecular flexibility index (Phi) is 5.03. The zero-order valence-electron chi connectivity index (χ0n) is 12.3. The smallest absolute Gasteiger partial charge is 0.181 e. The number of pyridine rings is 1. The summed E-state index contributed by atoms with van der Waals surface area (Å²) in [4.78, 5) is 5.84. The van der Waals surface area contributed by atoms with Crippen molar-refractivity contribution in [3.8, 4) is 0 Å². The van der Waals surface area contributed by atoms with Gasteiger partial charge < -0.3 is 4.90 Å². The normalized spacial score (nSPS) is 11.5. The van der Waals surface area contributed by atoms with E-state index in [0.29, 0.717) is 10.6 Å². The number of sulfone groups is 1. The minimum absolute atomic E-state index is 0.0278. The molecule has 0 unspecified atom stereocenters. The summed E-state index contributed by atoms with van der Waals surface area (Å²) in [6, 6.07) is 7.50. The van der Waals surface area contributed by atoms with Gasteiger partial charge in [0.1, 0.15) is 16.5 Å². The van der Waals surface area contributed by atoms with Crippen LogP contribution in [0.3, 0.4) is 0 Å². The van der Waals surface area contributed by atoms with E-state index in [1.165, 1.54) is 24.4 Å². The fourth-order valence-corrected chi connectivity index (χ4v) is 3.37. The lowest BCUT2D eigenvalue weighted by molar-refractivity contribution is 0.595. The van der Waals surface area contributed by atoms with Gasteiger partial charge in [0.25, 0.3) is 0 Å². The number of nitrogens with zero attached hydrogens (tertiary/aromatic N) is 2. The van der Waals surface area contributed by atoms with Gasteiger partial charge >= 0.3 is 0 Å². The minimum atomic E-state index is -3.42. The van der Waals surface area contributed by atoms with Crippen LogP contribution in [0.2, 0.25) is 5.02 Å². The first-order valence-corrected chi connectivity index (χ1v) is 8.71. The summed E-state index contributed by atoms with van der Waals surface area (Å²) in [5, 5.41) is 0.294. The number of benzene rings is 1. The standard InChI is InChI=1S/C15H16ClFN2O2S/c1-3-22(20,21)14-8-5-9-18-15(14)19(2)10-11-12(16)6-4-7-13(11)17/h4-9H,3,10H2,1-2H3. The lowest BCUT2D eigenvalue weighted by Crippen LogP contribution is -2.22. The molecule has 4 nitrogen and oxygen atoms in total. The van der Waals surface area contributed by atoms with Crippen molar-refractivity contribution in [3.63, 3.8) is 0 Å². The van der Waals surface area contributed by atoms with Crippen molar-refractivity contribution in [2.45, 2.75) is 18.4 Å². The first kappa shape index (κ1) is 16.7. The Morgan fingerprint density at radius 1 is 1.27 bits per heavy atom. The van der Waals surface area contributed by atoms with Gasteiger partial charge in [-0.15, -0.1) is 0 Å². The molecular formula is C15H16ClFN2O2S. The summed E-state index contributed by atoms with van der Waals surface area (Å²) in [5.74, 6) is -0.182. The third kappa shape index (κ3) is 3.39. The van der Waals surface area contributed by atoms with Crippen molar-refractivity contribution in [1.82, 2.24) is 4.98 Å². The summed E-state index contributed by atoms with van der Waals surface area (Å²) in [5.41, 5.74) is 0.303. The van der Waals surface area contributed by atoms with Crippen molar-refractivity contribution < 1.29 is 12.8 Å². The van der Waals surface area contributed by atoms with Gasteiger partial charge in [-0.2, -0.15) is 0 Å². The Balaban J connectivity index is 2.41. The van der Waals surface area contributed by atoms with E-state index in [1.54, 1.807) is 31.0 Å². The van der Waals surface area contributed by atoms with Crippen LogP contribution in [0.5, 0.6) is 0 Å². The summed E-state index contributed by atoms with van der Waals surface area (Å²) in [7, 11) is -1.76. The van der Waals surface area contributed by atoms with Crippen LogP contribution in [0, 0.1) is 5.82 Å². The van der Waals surface area contributed by atoms with E-state index in [0.717, 1.165) is 0 Å². The summed E-state index contributed by atoms with van der Waals surface area (Å²) in [6.45, 7) is 1.69. The van der Waals surface area contributed by atoms with Crippen LogP contribution in [-0.4, -0.2) is 26.2 Å². The lowest BCUT2D eigenvalue weighted by Gasteiger charge is -2.21. The van der Waals surface area contributed by atoms with E-state index in [1.807, 2.05) is 0 Å². The van der Waals surface area contributed by atoms with Crippen molar-refractivity contribution in [2.75, 3.05) is 17.7 Å². The molecule has 118 valence electrons. The average molecular weight is 343 g/mol. The molecule has 1 aromatic heterocycles. The van der Waals surface area contributed by atoms with Gasteiger partial charge in [-0.05, 0) is 24.3 Å². The fraction of sp³-hybridized carbons (Fsp3) is 0.267. The van der Waals surface area contributed by atoms with Gasteiger partial charge in [0, 0.05) is 30.4 Å². The highest BCUT2D eigenvalue weighted by Gasteiger charge is 2.21. The predicted octanol–water partition coefficient (Wildman–Crippen LogP) is 3.30. The van der Waals surface area contributed by atoms with Crippen LogP contribution in [0.1, 0.15) is 12.5 Å². The van der Waals surface area contributed by atoms with Crippen molar-refractivity contribution in [2.24, 2.45) is 0 Å². The molecule has 1 aromatic carbocycles. The molecule has 0 aliphatic rings. The Morgan fingerprint density at radius 3 is 2.64 bits per heavy atom. The van der Waals surface area contributed by atoms with Crippen LogP contribution in [0.15, 0.2) is 41.4 Å². The van der Waals surface area contributed by atoms with E-state index < -0.39 is 15.7 Å². The second-order valence-corrected chi connectivity index (χ2v) is 7.44. The SMILES string of the molecule is CCS(=O)(=O)c1cccnc1N(C)Cc1c(F)cccc1Cl. The Hall–Kier alpha value is -1.66. The highest BCUT2D eigenvalue weighted by molar-refractivity contribution is 7.91. The molecule has 0 bridgehead atoms. The van der Waals surface area contributed by atoms with Crippen LogP contribution in [0.4, 0.5) is 10.2 Å². The molecule has 22 heavy (non-hydrogen) atoms. The maximum absolute atomic E-state index is 13.9. The van der Waals surface area contributed by atoms with E-state index in [-0.39, 0.29) is 23.0 Å². The number of aromatic nitrogens is 1. The molecule has 0 fully saturated rings. The number of anilines is 1. The largest absolute Gasteiger partial charge is 0.354 e. The molecule has 2 rings (SSSR count). The molecule has 7 heteroatoms. The van der Waals surface area contributed by atoms with Crippen molar-refractivity contribution in [3.05, 3.63) is 52.9 Å². The van der Waals surface area contributed by atoms with Gasteiger partial charge in [-0.25, -0.2) is 17.8 Å². The van der Waals surface area contributed by atoms with Gasteiger partial charge in [-0.3, -0.25) is 0 Å². The topological polar surface area (TPSA) is 50.3 Å². The van der Waals surface area contributed by atoms with Crippen LogP contribution >= 0.6 is 11.6 Å². The molecule has 0 aliphatic heterocycles. The van der Waals surface area contributed by atoms with Gasteiger partial charge in [-0.1, -0.05) is 24.6 Å². The molecular weight excluding hydrogens is 327 g/mol. The highest BCUT2D eigenvalue weighted by atomic mass is 35.5. The molecule has 0 saturated carbocycles. The molecule has 0 radical (unpaired) electrons. The predicted molar refractivity (Wildman–Crippen MR) is 85.5 cm³/mol. The van der Waals surface area contributed by atoms with Crippen LogP contribution in [-0.2, 0) is 16.4 Å². The Morgan fingerprint density at radius 2 is 2.00 bits per heavy atom. The van der Waals surface area contributed by atoms with E-state index in [9.17, 15) is 12.8 Å². The van der Waals surface area contributed by atoms with Gasteiger partial charge in [0.05, 0.1) is 5.75 Å². The van der Waals surface area contributed by atoms with Crippen molar-refractivity contribution in [1.29, 1.82) is 0 Å². The second-order valence-electron chi connectivity index (χ2n) is 4.78. The monoisotopic (exact) mass is 342 g/mol. The first-order chi connectivity index (χ1) is 10.4. The van der Waals surface area contributed by atoms with Gasteiger partial charge in [0.2, 0.25) is 0 Å². The highest BCUT2D eigenvalue weighted by Crippen LogP contribution is 2.26. The van der Waals surface area contributed by atoms with Crippen LogP contribution in [0.25, 0.3) is 0 Å². The number of rotatable bonds is 5. The Bertz CT molecular complexity index is 761.